The summed E-state index contributed by atoms with van der Waals surface area (Å²) >= 11 is 3.32. The molecule has 5 nitrogen and oxygen atoms in total. The van der Waals surface area contributed by atoms with Crippen LogP contribution in [0.4, 0.5) is 11.4 Å². The van der Waals surface area contributed by atoms with Crippen LogP contribution in [0.2, 0.25) is 0 Å². The lowest BCUT2D eigenvalue weighted by molar-refractivity contribution is 0.0698. The maximum absolute atomic E-state index is 12.2. The predicted molar refractivity (Wildman–Crippen MR) is 84.6 cm³/mol. The van der Waals surface area contributed by atoms with Crippen molar-refractivity contribution in [3.8, 4) is 0 Å². The zero-order valence-corrected chi connectivity index (χ0v) is 12.8. The molecule has 0 heterocycles. The van der Waals surface area contributed by atoms with Gasteiger partial charge in [-0.2, -0.15) is 0 Å². The second-order valence-corrected chi connectivity index (χ2v) is 5.50. The summed E-state index contributed by atoms with van der Waals surface area (Å²) in [6.45, 7) is 1.87. The number of carbonyl (C=O) groups is 2. The van der Waals surface area contributed by atoms with Crippen molar-refractivity contribution in [1.29, 1.82) is 0 Å². The highest BCUT2D eigenvalue weighted by Gasteiger charge is 2.14. The molecular weight excluding hydrogens is 336 g/mol. The Morgan fingerprint density at radius 2 is 1.90 bits per heavy atom. The van der Waals surface area contributed by atoms with Gasteiger partial charge in [0.1, 0.15) is 0 Å². The van der Waals surface area contributed by atoms with Crippen LogP contribution in [-0.4, -0.2) is 17.0 Å². The molecule has 4 N–H and O–H groups in total. The Kier molecular flexibility index (Phi) is 4.28. The van der Waals surface area contributed by atoms with Gasteiger partial charge >= 0.3 is 5.97 Å². The maximum atomic E-state index is 12.2. The molecule has 108 valence electrons. The van der Waals surface area contributed by atoms with Crippen LogP contribution in [0.1, 0.15) is 26.3 Å². The molecular formula is C15H13BrN2O3. The van der Waals surface area contributed by atoms with Crippen LogP contribution in [0.3, 0.4) is 0 Å². The lowest BCUT2D eigenvalue weighted by Crippen LogP contribution is -2.15. The first-order valence-electron chi connectivity index (χ1n) is 6.08. The van der Waals surface area contributed by atoms with E-state index in [4.69, 9.17) is 10.8 Å². The van der Waals surface area contributed by atoms with Crippen molar-refractivity contribution in [1.82, 2.24) is 0 Å². The molecule has 0 aliphatic rings. The first-order valence-corrected chi connectivity index (χ1v) is 6.87. The molecule has 0 radical (unpaired) electrons. The number of nitrogens with one attached hydrogen (secondary N) is 1. The van der Waals surface area contributed by atoms with Gasteiger partial charge in [0.05, 0.1) is 11.3 Å². The van der Waals surface area contributed by atoms with Crippen LogP contribution in [-0.2, 0) is 0 Å². The Morgan fingerprint density at radius 1 is 1.19 bits per heavy atom. The van der Waals surface area contributed by atoms with Crippen LogP contribution in [0.15, 0.2) is 40.9 Å². The number of rotatable bonds is 3. The van der Waals surface area contributed by atoms with Gasteiger partial charge in [0.2, 0.25) is 0 Å². The van der Waals surface area contributed by atoms with E-state index in [1.807, 2.05) is 13.0 Å². The number of halogens is 1. The van der Waals surface area contributed by atoms with E-state index < -0.39 is 11.9 Å². The summed E-state index contributed by atoms with van der Waals surface area (Å²) in [5.74, 6) is -1.52. The number of nitrogen functional groups attached to an aromatic ring is 1. The summed E-state index contributed by atoms with van der Waals surface area (Å²) in [5.41, 5.74) is 7.52. The Balaban J connectivity index is 2.35. The van der Waals surface area contributed by atoms with E-state index in [1.54, 1.807) is 12.1 Å². The molecule has 0 atom stereocenters. The summed E-state index contributed by atoms with van der Waals surface area (Å²) in [5, 5.41) is 11.7. The number of hydrogen-bond acceptors (Lipinski definition) is 3. The molecule has 0 fully saturated rings. The van der Waals surface area contributed by atoms with Gasteiger partial charge < -0.3 is 16.2 Å². The smallest absolute Gasteiger partial charge is 0.337 e. The van der Waals surface area contributed by atoms with Crippen LogP contribution in [0.25, 0.3) is 0 Å². The first kappa shape index (κ1) is 15.1. The van der Waals surface area contributed by atoms with Crippen molar-refractivity contribution >= 4 is 39.2 Å². The van der Waals surface area contributed by atoms with Gasteiger partial charge in [-0.15, -0.1) is 0 Å². The number of aromatic carboxylic acids is 1. The molecule has 1 amide bonds. The number of nitrogens with two attached hydrogens (primary N) is 1. The molecule has 0 saturated heterocycles. The minimum absolute atomic E-state index is 0.00994. The highest BCUT2D eigenvalue weighted by molar-refractivity contribution is 9.10. The monoisotopic (exact) mass is 348 g/mol. The van der Waals surface area contributed by atoms with E-state index in [0.717, 1.165) is 10.0 Å². The average molecular weight is 349 g/mol. The number of carbonyl (C=O) groups excluding carboxylic acids is 1. The van der Waals surface area contributed by atoms with Crippen LogP contribution < -0.4 is 11.1 Å². The number of benzene rings is 2. The maximum Gasteiger partial charge on any atom is 0.337 e. The number of hydrogen-bond donors (Lipinski definition) is 3. The summed E-state index contributed by atoms with van der Waals surface area (Å²) in [4.78, 5) is 23.4. The molecule has 0 aliphatic carbocycles. The van der Waals surface area contributed by atoms with Gasteiger partial charge in [0.15, 0.2) is 0 Å². The average Bonchev–Trinajstić information content (AvgIpc) is 2.37. The molecule has 0 aromatic heterocycles. The number of amides is 1. The quantitative estimate of drug-likeness (QED) is 0.742. The number of aryl methyl sites for hydroxylation is 1. The molecule has 0 bridgehead atoms. The third-order valence-corrected chi connectivity index (χ3v) is 3.28. The Morgan fingerprint density at radius 3 is 2.52 bits per heavy atom. The molecule has 0 aliphatic heterocycles. The topological polar surface area (TPSA) is 92.4 Å². The zero-order chi connectivity index (χ0) is 15.6. The highest BCUT2D eigenvalue weighted by Crippen LogP contribution is 2.21. The standard InChI is InChI=1S/C15H13BrN2O3/c1-8-4-9(6-10(16)5-8)14(19)18-13-7-11(17)2-3-12(13)15(20)21/h2-7H,17H2,1H3,(H,18,19)(H,20,21). The van der Waals surface area contributed by atoms with Gasteiger partial charge in [-0.1, -0.05) is 15.9 Å². The normalized spacial score (nSPS) is 10.2. The summed E-state index contributed by atoms with van der Waals surface area (Å²) in [7, 11) is 0. The van der Waals surface area contributed by atoms with E-state index in [2.05, 4.69) is 21.2 Å². The van der Waals surface area contributed by atoms with E-state index >= 15 is 0 Å². The fraction of sp³-hybridized carbons (Fsp3) is 0.0667. The Bertz CT molecular complexity index is 709. The Hall–Kier alpha value is -2.34. The first-order chi connectivity index (χ1) is 9.86. The van der Waals surface area contributed by atoms with Crippen molar-refractivity contribution < 1.29 is 14.7 Å². The van der Waals surface area contributed by atoms with Crippen LogP contribution >= 0.6 is 15.9 Å². The molecule has 0 saturated carbocycles. The fourth-order valence-corrected chi connectivity index (χ4v) is 2.52. The highest BCUT2D eigenvalue weighted by atomic mass is 79.9. The van der Waals surface area contributed by atoms with Gasteiger partial charge in [0.25, 0.3) is 5.91 Å². The van der Waals surface area contributed by atoms with Gasteiger partial charge in [-0.3, -0.25) is 4.79 Å². The second-order valence-electron chi connectivity index (χ2n) is 4.58. The zero-order valence-electron chi connectivity index (χ0n) is 11.2. The minimum Gasteiger partial charge on any atom is -0.478 e. The minimum atomic E-state index is -1.13. The van der Waals surface area contributed by atoms with E-state index in [0.29, 0.717) is 11.3 Å². The molecule has 0 unspecified atom stereocenters. The van der Waals surface area contributed by atoms with E-state index in [1.165, 1.54) is 18.2 Å². The van der Waals surface area contributed by atoms with Crippen LogP contribution in [0, 0.1) is 6.92 Å². The third-order valence-electron chi connectivity index (χ3n) is 2.83. The molecule has 21 heavy (non-hydrogen) atoms. The summed E-state index contributed by atoms with van der Waals surface area (Å²) in [6, 6.07) is 9.51. The van der Waals surface area contributed by atoms with E-state index in [9.17, 15) is 9.59 Å². The number of anilines is 2. The summed E-state index contributed by atoms with van der Waals surface area (Å²) in [6.07, 6.45) is 0. The van der Waals surface area contributed by atoms with E-state index in [-0.39, 0.29) is 11.3 Å². The number of carboxylic acids is 1. The van der Waals surface area contributed by atoms with Gasteiger partial charge in [-0.25, -0.2) is 4.79 Å². The molecule has 0 spiro atoms. The predicted octanol–water partition coefficient (Wildman–Crippen LogP) is 3.29. The third kappa shape index (κ3) is 3.61. The second kappa shape index (κ2) is 5.97. The summed E-state index contributed by atoms with van der Waals surface area (Å²) < 4.78 is 0.777. The Labute approximate surface area is 129 Å². The lowest BCUT2D eigenvalue weighted by atomic mass is 10.1. The molecule has 2 rings (SSSR count). The van der Waals surface area contributed by atoms with Crippen molar-refractivity contribution in [2.45, 2.75) is 6.92 Å². The SMILES string of the molecule is Cc1cc(Br)cc(C(=O)Nc2cc(N)ccc2C(=O)O)c1. The van der Waals surface area contributed by atoms with Crippen molar-refractivity contribution in [2.24, 2.45) is 0 Å². The molecule has 2 aromatic carbocycles. The largest absolute Gasteiger partial charge is 0.478 e. The van der Waals surface area contributed by atoms with Crippen molar-refractivity contribution in [3.05, 3.63) is 57.6 Å². The fourth-order valence-electron chi connectivity index (χ4n) is 1.91. The van der Waals surface area contributed by atoms with Crippen LogP contribution in [0.5, 0.6) is 0 Å². The van der Waals surface area contributed by atoms with Gasteiger partial charge in [0, 0.05) is 15.7 Å². The van der Waals surface area contributed by atoms with Crippen molar-refractivity contribution in [2.75, 3.05) is 11.1 Å². The van der Waals surface area contributed by atoms with Crippen molar-refractivity contribution in [3.63, 3.8) is 0 Å². The lowest BCUT2D eigenvalue weighted by Gasteiger charge is -2.10. The number of carboxylic acid groups (broad SMARTS) is 1. The molecule has 2 aromatic rings. The molecule has 6 heteroatoms. The van der Waals surface area contributed by atoms with Gasteiger partial charge in [-0.05, 0) is 48.9 Å².